The van der Waals surface area contributed by atoms with Crippen molar-refractivity contribution < 1.29 is 23.1 Å². The maximum absolute atomic E-state index is 13.3. The van der Waals surface area contributed by atoms with Crippen LogP contribution in [0, 0.1) is 17.5 Å². The Morgan fingerprint density at radius 2 is 2.00 bits per heavy atom. The summed E-state index contributed by atoms with van der Waals surface area (Å²) in [7, 11) is 0. The van der Waals surface area contributed by atoms with Crippen LogP contribution >= 0.6 is 0 Å². The van der Waals surface area contributed by atoms with Crippen LogP contribution < -0.4 is 0 Å². The lowest BCUT2D eigenvalue weighted by atomic mass is 10.1. The molecule has 1 heterocycles. The molecule has 1 aromatic carbocycles. The van der Waals surface area contributed by atoms with Gasteiger partial charge < -0.3 is 10.0 Å². The van der Waals surface area contributed by atoms with Gasteiger partial charge in [0.2, 0.25) is 0 Å². The lowest BCUT2D eigenvalue weighted by Gasteiger charge is -2.16. The minimum atomic E-state index is -1.66. The molecule has 1 amide bonds. The number of nitrogens with zero attached hydrogens (tertiary/aromatic N) is 1. The van der Waals surface area contributed by atoms with Gasteiger partial charge in [-0.3, -0.25) is 4.79 Å². The van der Waals surface area contributed by atoms with E-state index in [-0.39, 0.29) is 13.1 Å². The molecule has 0 unspecified atom stereocenters. The van der Waals surface area contributed by atoms with Gasteiger partial charge in [0, 0.05) is 13.1 Å². The molecule has 1 fully saturated rings. The molecule has 1 aliphatic heterocycles. The normalized spacial score (nSPS) is 19.8. The number of hydrogen-bond acceptors (Lipinski definition) is 2. The van der Waals surface area contributed by atoms with Crippen LogP contribution in [0.25, 0.3) is 0 Å². The minimum absolute atomic E-state index is 0.0806. The zero-order valence-electron chi connectivity index (χ0n) is 8.79. The Bertz CT molecular complexity index is 464. The topological polar surface area (TPSA) is 40.5 Å². The maximum atomic E-state index is 13.3. The second-order valence-corrected chi connectivity index (χ2v) is 3.92. The fourth-order valence-electron chi connectivity index (χ4n) is 1.79. The smallest absolute Gasteiger partial charge is 0.257 e. The number of halogens is 3. The second-order valence-electron chi connectivity index (χ2n) is 3.92. The number of aliphatic hydroxyl groups is 1. The SMILES string of the molecule is O=C(c1ccc(F)c(F)c1F)N1CC[C@H](O)C1. The number of rotatable bonds is 1. The van der Waals surface area contributed by atoms with Gasteiger partial charge in [-0.25, -0.2) is 13.2 Å². The molecule has 92 valence electrons. The minimum Gasteiger partial charge on any atom is -0.391 e. The number of hydrogen-bond donors (Lipinski definition) is 1. The van der Waals surface area contributed by atoms with Crippen LogP contribution in [-0.4, -0.2) is 35.1 Å². The molecule has 1 N–H and O–H groups in total. The highest BCUT2D eigenvalue weighted by Gasteiger charge is 2.28. The Labute approximate surface area is 95.5 Å². The third kappa shape index (κ3) is 2.12. The molecule has 0 aromatic heterocycles. The van der Waals surface area contributed by atoms with Crippen molar-refractivity contribution in [2.45, 2.75) is 12.5 Å². The van der Waals surface area contributed by atoms with Gasteiger partial charge in [-0.15, -0.1) is 0 Å². The van der Waals surface area contributed by atoms with Gasteiger partial charge in [0.25, 0.3) is 5.91 Å². The number of carbonyl (C=O) groups is 1. The summed E-state index contributed by atoms with van der Waals surface area (Å²) in [6, 6.07) is 1.61. The van der Waals surface area contributed by atoms with E-state index in [0.29, 0.717) is 12.5 Å². The predicted molar refractivity (Wildman–Crippen MR) is 52.8 cm³/mol. The molecular formula is C11H10F3NO2. The van der Waals surface area contributed by atoms with Crippen LogP contribution in [0.3, 0.4) is 0 Å². The summed E-state index contributed by atoms with van der Waals surface area (Å²) in [5, 5.41) is 9.24. The standard InChI is InChI=1S/C11H10F3NO2/c12-8-2-1-7(9(13)10(8)14)11(17)15-4-3-6(16)5-15/h1-2,6,16H,3-5H2/t6-/m0/s1. The summed E-state index contributed by atoms with van der Waals surface area (Å²) >= 11 is 0. The average Bonchev–Trinajstić information content (AvgIpc) is 2.72. The van der Waals surface area contributed by atoms with Crippen LogP contribution in [0.15, 0.2) is 12.1 Å². The Hall–Kier alpha value is -1.56. The molecule has 1 saturated heterocycles. The summed E-state index contributed by atoms with van der Waals surface area (Å²) in [4.78, 5) is 13.0. The number of likely N-dealkylation sites (tertiary alicyclic amines) is 1. The molecular weight excluding hydrogens is 235 g/mol. The van der Waals surface area contributed by atoms with E-state index >= 15 is 0 Å². The molecule has 0 radical (unpaired) electrons. The largest absolute Gasteiger partial charge is 0.391 e. The second kappa shape index (κ2) is 4.37. The summed E-state index contributed by atoms with van der Waals surface area (Å²) in [5.74, 6) is -5.22. The molecule has 3 nitrogen and oxygen atoms in total. The molecule has 1 atom stereocenters. The number of aliphatic hydroxyl groups excluding tert-OH is 1. The summed E-state index contributed by atoms with van der Waals surface area (Å²) in [5.41, 5.74) is -0.516. The monoisotopic (exact) mass is 245 g/mol. The summed E-state index contributed by atoms with van der Waals surface area (Å²) < 4.78 is 39.0. The number of amides is 1. The molecule has 0 bridgehead atoms. The van der Waals surface area contributed by atoms with E-state index in [1.54, 1.807) is 0 Å². The summed E-state index contributed by atoms with van der Waals surface area (Å²) in [6.45, 7) is 0.357. The van der Waals surface area contributed by atoms with Gasteiger partial charge in [0.15, 0.2) is 17.5 Å². The van der Waals surface area contributed by atoms with E-state index in [4.69, 9.17) is 0 Å². The summed E-state index contributed by atoms with van der Waals surface area (Å²) in [6.07, 6.45) is -0.246. The van der Waals surface area contributed by atoms with E-state index in [9.17, 15) is 23.1 Å². The van der Waals surface area contributed by atoms with Crippen LogP contribution in [-0.2, 0) is 0 Å². The van der Waals surface area contributed by atoms with Crippen molar-refractivity contribution in [2.24, 2.45) is 0 Å². The highest BCUT2D eigenvalue weighted by atomic mass is 19.2. The maximum Gasteiger partial charge on any atom is 0.257 e. The first-order chi connectivity index (χ1) is 8.00. The molecule has 17 heavy (non-hydrogen) atoms. The van der Waals surface area contributed by atoms with E-state index in [1.807, 2.05) is 0 Å². The van der Waals surface area contributed by atoms with Crippen LogP contribution in [0.4, 0.5) is 13.2 Å². The first-order valence-corrected chi connectivity index (χ1v) is 5.11. The van der Waals surface area contributed by atoms with Gasteiger partial charge in [0.05, 0.1) is 11.7 Å². The first-order valence-electron chi connectivity index (χ1n) is 5.11. The Morgan fingerprint density at radius 3 is 2.59 bits per heavy atom. The zero-order valence-corrected chi connectivity index (χ0v) is 8.79. The molecule has 0 spiro atoms. The fourth-order valence-corrected chi connectivity index (χ4v) is 1.79. The molecule has 1 aliphatic rings. The van der Waals surface area contributed by atoms with Crippen molar-refractivity contribution >= 4 is 5.91 Å². The predicted octanol–water partition coefficient (Wildman–Crippen LogP) is 1.31. The average molecular weight is 245 g/mol. The van der Waals surface area contributed by atoms with E-state index in [1.165, 1.54) is 4.90 Å². The third-order valence-electron chi connectivity index (χ3n) is 2.72. The van der Waals surface area contributed by atoms with Crippen molar-refractivity contribution in [1.29, 1.82) is 0 Å². The van der Waals surface area contributed by atoms with Crippen molar-refractivity contribution in [2.75, 3.05) is 13.1 Å². The lowest BCUT2D eigenvalue weighted by molar-refractivity contribution is 0.0759. The van der Waals surface area contributed by atoms with Gasteiger partial charge in [-0.05, 0) is 18.6 Å². The number of benzene rings is 1. The first kappa shape index (κ1) is 11.9. The van der Waals surface area contributed by atoms with Gasteiger partial charge in [0.1, 0.15) is 0 Å². The molecule has 0 aliphatic carbocycles. The van der Waals surface area contributed by atoms with Crippen molar-refractivity contribution in [1.82, 2.24) is 4.90 Å². The Kier molecular flexibility index (Phi) is 3.06. The van der Waals surface area contributed by atoms with Crippen molar-refractivity contribution in [3.63, 3.8) is 0 Å². The van der Waals surface area contributed by atoms with Crippen molar-refractivity contribution in [3.05, 3.63) is 35.1 Å². The van der Waals surface area contributed by atoms with Crippen molar-refractivity contribution in [3.8, 4) is 0 Å². The molecule has 6 heteroatoms. The van der Waals surface area contributed by atoms with Crippen LogP contribution in [0.2, 0.25) is 0 Å². The van der Waals surface area contributed by atoms with Gasteiger partial charge in [-0.2, -0.15) is 0 Å². The van der Waals surface area contributed by atoms with E-state index in [2.05, 4.69) is 0 Å². The van der Waals surface area contributed by atoms with Gasteiger partial charge >= 0.3 is 0 Å². The molecule has 2 rings (SSSR count). The number of carbonyl (C=O) groups excluding carboxylic acids is 1. The Balaban J connectivity index is 2.29. The van der Waals surface area contributed by atoms with Crippen LogP contribution in [0.1, 0.15) is 16.8 Å². The van der Waals surface area contributed by atoms with E-state index < -0.39 is 35.0 Å². The fraction of sp³-hybridized carbons (Fsp3) is 0.364. The highest BCUT2D eigenvalue weighted by molar-refractivity contribution is 5.94. The van der Waals surface area contributed by atoms with E-state index in [0.717, 1.165) is 6.07 Å². The number of β-amino-alcohol motifs (C(OH)–C–C–N with tert-alkyl or cyclic N) is 1. The quantitative estimate of drug-likeness (QED) is 0.758. The molecule has 1 aromatic rings. The lowest BCUT2D eigenvalue weighted by Crippen LogP contribution is -2.30. The highest BCUT2D eigenvalue weighted by Crippen LogP contribution is 2.19. The van der Waals surface area contributed by atoms with Gasteiger partial charge in [-0.1, -0.05) is 0 Å². The zero-order chi connectivity index (χ0) is 12.6. The Morgan fingerprint density at radius 1 is 1.29 bits per heavy atom. The van der Waals surface area contributed by atoms with Crippen LogP contribution in [0.5, 0.6) is 0 Å². The molecule has 0 saturated carbocycles. The third-order valence-corrected chi connectivity index (χ3v) is 2.72.